The molecule has 0 radical (unpaired) electrons. The molecule has 120 valence electrons. The maximum absolute atomic E-state index is 10.9. The molecule has 3 rings (SSSR count). The third kappa shape index (κ3) is 3.33. The van der Waals surface area contributed by atoms with Crippen LogP contribution in [0.1, 0.15) is 0 Å². The summed E-state index contributed by atoms with van der Waals surface area (Å²) in [5.41, 5.74) is 0.951. The lowest BCUT2D eigenvalue weighted by Crippen LogP contribution is -1.88. The van der Waals surface area contributed by atoms with Gasteiger partial charge in [0.25, 0.3) is 5.69 Å². The Hall–Kier alpha value is -1.83. The largest absolute Gasteiger partial charge is 0.271 e. The van der Waals surface area contributed by atoms with E-state index < -0.39 is 4.92 Å². The Balaban J connectivity index is 2.10. The van der Waals surface area contributed by atoms with Crippen molar-refractivity contribution in [2.24, 2.45) is 10.2 Å². The molecule has 0 unspecified atom stereocenters. The van der Waals surface area contributed by atoms with Crippen molar-refractivity contribution in [1.29, 1.82) is 0 Å². The Morgan fingerprint density at radius 1 is 0.958 bits per heavy atom. The lowest BCUT2D eigenvalue weighted by molar-refractivity contribution is -0.385. The molecule has 0 atom stereocenters. The van der Waals surface area contributed by atoms with Gasteiger partial charge in [0.1, 0.15) is 11.4 Å². The molecule has 5 nitrogen and oxygen atoms in total. The number of nitro benzene ring substituents is 1. The number of halogens is 3. The first-order chi connectivity index (χ1) is 11.5. The van der Waals surface area contributed by atoms with Gasteiger partial charge in [0.15, 0.2) is 0 Å². The molecule has 0 aliphatic rings. The highest BCUT2D eigenvalue weighted by Crippen LogP contribution is 2.40. The molecule has 0 aliphatic heterocycles. The van der Waals surface area contributed by atoms with E-state index in [0.717, 1.165) is 10.8 Å². The zero-order valence-corrected chi connectivity index (χ0v) is 15.8. The maximum atomic E-state index is 10.9. The van der Waals surface area contributed by atoms with Gasteiger partial charge in [-0.3, -0.25) is 10.1 Å². The van der Waals surface area contributed by atoms with Gasteiger partial charge in [-0.2, -0.15) is 0 Å². The Morgan fingerprint density at radius 3 is 2.25 bits per heavy atom. The molecule has 24 heavy (non-hydrogen) atoms. The van der Waals surface area contributed by atoms with Gasteiger partial charge in [-0.25, -0.2) is 0 Å². The lowest BCUT2D eigenvalue weighted by Gasteiger charge is -2.05. The van der Waals surface area contributed by atoms with Gasteiger partial charge in [0.05, 0.1) is 18.9 Å². The number of hydrogen-bond acceptors (Lipinski definition) is 4. The second-order valence-corrected chi connectivity index (χ2v) is 6.95. The second kappa shape index (κ2) is 6.96. The average molecular weight is 470 g/mol. The van der Waals surface area contributed by atoms with Gasteiger partial charge in [0.2, 0.25) is 0 Å². The Labute approximate surface area is 158 Å². The topological polar surface area (TPSA) is 67.9 Å². The van der Waals surface area contributed by atoms with E-state index in [1.54, 1.807) is 6.07 Å². The molecule has 8 heteroatoms. The van der Waals surface area contributed by atoms with E-state index in [4.69, 9.17) is 11.6 Å². The standard InChI is InChI=1S/C16H8Br2ClN3O2/c17-12-7-10(22(23)24)8-13(18)16(12)21-20-15-11-4-2-1-3-9(11)5-6-14(15)19/h1-8H. The van der Waals surface area contributed by atoms with Crippen molar-refractivity contribution in [2.75, 3.05) is 0 Å². The van der Waals surface area contributed by atoms with Gasteiger partial charge in [-0.1, -0.05) is 41.9 Å². The molecule has 0 heterocycles. The molecular formula is C16H8Br2ClN3O2. The molecule has 0 aromatic heterocycles. The fourth-order valence-corrected chi connectivity index (χ4v) is 3.71. The Morgan fingerprint density at radius 2 is 1.58 bits per heavy atom. The van der Waals surface area contributed by atoms with E-state index in [1.165, 1.54) is 12.1 Å². The number of hydrogen-bond donors (Lipinski definition) is 0. The van der Waals surface area contributed by atoms with Gasteiger partial charge >= 0.3 is 0 Å². The van der Waals surface area contributed by atoms with Crippen LogP contribution in [-0.2, 0) is 0 Å². The summed E-state index contributed by atoms with van der Waals surface area (Å²) in [6.45, 7) is 0. The van der Waals surface area contributed by atoms with Crippen LogP contribution in [0.5, 0.6) is 0 Å². The highest BCUT2D eigenvalue weighted by atomic mass is 79.9. The quantitative estimate of drug-likeness (QED) is 0.229. The van der Waals surface area contributed by atoms with Crippen LogP contribution >= 0.6 is 43.5 Å². The Bertz CT molecular complexity index is 969. The van der Waals surface area contributed by atoms with Crippen LogP contribution < -0.4 is 0 Å². The van der Waals surface area contributed by atoms with E-state index in [1.807, 2.05) is 30.3 Å². The minimum absolute atomic E-state index is 0.0455. The van der Waals surface area contributed by atoms with Crippen LogP contribution in [0.25, 0.3) is 10.8 Å². The maximum Gasteiger partial charge on any atom is 0.271 e. The summed E-state index contributed by atoms with van der Waals surface area (Å²) >= 11 is 12.8. The van der Waals surface area contributed by atoms with Crippen molar-refractivity contribution in [3.8, 4) is 0 Å². The number of non-ortho nitro benzene ring substituents is 1. The van der Waals surface area contributed by atoms with Crippen molar-refractivity contribution < 1.29 is 4.92 Å². The molecule has 0 aliphatic carbocycles. The minimum atomic E-state index is -0.474. The van der Waals surface area contributed by atoms with E-state index in [2.05, 4.69) is 42.1 Å². The highest BCUT2D eigenvalue weighted by Gasteiger charge is 2.14. The molecule has 0 spiro atoms. The number of benzene rings is 3. The summed E-state index contributed by atoms with van der Waals surface area (Å²) < 4.78 is 0.923. The number of nitro groups is 1. The zero-order valence-electron chi connectivity index (χ0n) is 11.9. The zero-order chi connectivity index (χ0) is 17.3. The number of nitrogens with zero attached hydrogens (tertiary/aromatic N) is 3. The predicted octanol–water partition coefficient (Wildman–Crippen LogP) is 7.34. The van der Waals surface area contributed by atoms with Crippen molar-refractivity contribution in [2.45, 2.75) is 0 Å². The first kappa shape index (κ1) is 17.0. The van der Waals surface area contributed by atoms with Crippen LogP contribution in [0, 0.1) is 10.1 Å². The third-order valence-corrected chi connectivity index (χ3v) is 4.83. The van der Waals surface area contributed by atoms with Gasteiger partial charge < -0.3 is 0 Å². The SMILES string of the molecule is O=[N+]([O-])c1cc(Br)c(N=Nc2c(Cl)ccc3ccccc23)c(Br)c1. The summed E-state index contributed by atoms with van der Waals surface area (Å²) in [5, 5.41) is 21.7. The Kier molecular flexibility index (Phi) is 4.93. The molecule has 0 N–H and O–H groups in total. The van der Waals surface area contributed by atoms with Crippen molar-refractivity contribution in [1.82, 2.24) is 0 Å². The van der Waals surface area contributed by atoms with Gasteiger partial charge in [-0.15, -0.1) is 10.2 Å². The van der Waals surface area contributed by atoms with Crippen LogP contribution in [0.3, 0.4) is 0 Å². The van der Waals surface area contributed by atoms with Gasteiger partial charge in [0, 0.05) is 17.5 Å². The van der Waals surface area contributed by atoms with Crippen LogP contribution in [0.4, 0.5) is 17.1 Å². The van der Waals surface area contributed by atoms with Crippen molar-refractivity contribution in [3.63, 3.8) is 0 Å². The van der Waals surface area contributed by atoms with Crippen LogP contribution in [0.15, 0.2) is 67.7 Å². The number of fused-ring (bicyclic) bond motifs is 1. The van der Waals surface area contributed by atoms with Crippen molar-refractivity contribution >= 4 is 71.3 Å². The highest BCUT2D eigenvalue weighted by molar-refractivity contribution is 9.11. The number of azo groups is 1. The predicted molar refractivity (Wildman–Crippen MR) is 102 cm³/mol. The molecule has 0 bridgehead atoms. The molecule has 3 aromatic rings. The normalized spacial score (nSPS) is 11.3. The fourth-order valence-electron chi connectivity index (χ4n) is 2.18. The first-order valence-electron chi connectivity index (χ1n) is 6.70. The monoisotopic (exact) mass is 467 g/mol. The smallest absolute Gasteiger partial charge is 0.258 e. The average Bonchev–Trinajstić information content (AvgIpc) is 2.55. The fraction of sp³-hybridized carbons (Fsp3) is 0. The summed E-state index contributed by atoms with van der Waals surface area (Å²) in [4.78, 5) is 10.4. The minimum Gasteiger partial charge on any atom is -0.258 e. The van der Waals surface area contributed by atoms with E-state index in [-0.39, 0.29) is 5.69 Å². The van der Waals surface area contributed by atoms with E-state index in [9.17, 15) is 10.1 Å². The summed E-state index contributed by atoms with van der Waals surface area (Å²) in [5.74, 6) is 0. The van der Waals surface area contributed by atoms with Gasteiger partial charge in [-0.05, 0) is 43.3 Å². The molecule has 3 aromatic carbocycles. The number of rotatable bonds is 3. The molecule has 0 saturated carbocycles. The van der Waals surface area contributed by atoms with Crippen molar-refractivity contribution in [3.05, 3.63) is 72.6 Å². The summed E-state index contributed by atoms with van der Waals surface area (Å²) in [7, 11) is 0. The third-order valence-electron chi connectivity index (χ3n) is 3.31. The molecule has 0 fully saturated rings. The molecule has 0 amide bonds. The van der Waals surface area contributed by atoms with Crippen LogP contribution in [-0.4, -0.2) is 4.92 Å². The summed E-state index contributed by atoms with van der Waals surface area (Å²) in [6.07, 6.45) is 0. The summed E-state index contributed by atoms with van der Waals surface area (Å²) in [6, 6.07) is 14.1. The lowest BCUT2D eigenvalue weighted by atomic mass is 10.1. The second-order valence-electron chi connectivity index (χ2n) is 4.83. The van der Waals surface area contributed by atoms with E-state index >= 15 is 0 Å². The first-order valence-corrected chi connectivity index (χ1v) is 8.66. The molecule has 0 saturated heterocycles. The van der Waals surface area contributed by atoms with Crippen LogP contribution in [0.2, 0.25) is 5.02 Å². The van der Waals surface area contributed by atoms with E-state index in [0.29, 0.717) is 25.3 Å². The molecular weight excluding hydrogens is 461 g/mol.